The van der Waals surface area contributed by atoms with E-state index in [2.05, 4.69) is 9.82 Å². The Kier molecular flexibility index (Phi) is 6.46. The molecule has 0 N–H and O–H groups in total. The molecule has 30 heavy (non-hydrogen) atoms. The van der Waals surface area contributed by atoms with Crippen molar-refractivity contribution in [1.29, 1.82) is 0 Å². The molecule has 0 spiro atoms. The number of carbonyl (C=O) groups excluding carboxylic acids is 1. The minimum absolute atomic E-state index is 0.0799. The molecule has 0 fully saturated rings. The lowest BCUT2D eigenvalue weighted by Crippen LogP contribution is -2.17. The summed E-state index contributed by atoms with van der Waals surface area (Å²) in [5, 5.41) is 11.4. The van der Waals surface area contributed by atoms with Gasteiger partial charge in [-0.25, -0.2) is 0 Å². The molecule has 0 aliphatic heterocycles. The van der Waals surface area contributed by atoms with E-state index in [9.17, 15) is 14.9 Å². The zero-order chi connectivity index (χ0) is 21.7. The van der Waals surface area contributed by atoms with Crippen LogP contribution in [0, 0.1) is 17.0 Å². The largest absolute Gasteiger partial charge is 0.497 e. The summed E-state index contributed by atoms with van der Waals surface area (Å²) in [7, 11) is 1.62. The van der Waals surface area contributed by atoms with Gasteiger partial charge in [0.25, 0.3) is 5.09 Å². The van der Waals surface area contributed by atoms with E-state index in [0.717, 1.165) is 22.1 Å². The molecule has 156 valence electrons. The maximum absolute atomic E-state index is 12.7. The monoisotopic (exact) mass is 410 g/mol. The molecule has 0 saturated heterocycles. The van der Waals surface area contributed by atoms with Gasteiger partial charge in [0.2, 0.25) is 0 Å². The number of carbonyl (C=O) groups is 1. The van der Waals surface area contributed by atoms with Crippen LogP contribution in [0.3, 0.4) is 0 Å². The summed E-state index contributed by atoms with van der Waals surface area (Å²) >= 11 is 0. The normalized spacial score (nSPS) is 11.7. The Bertz CT molecular complexity index is 1080. The van der Waals surface area contributed by atoms with Gasteiger partial charge in [-0.1, -0.05) is 24.3 Å². The summed E-state index contributed by atoms with van der Waals surface area (Å²) in [6.07, 6.45) is 0.286. The van der Waals surface area contributed by atoms with E-state index in [-0.39, 0.29) is 13.0 Å². The van der Waals surface area contributed by atoms with Crippen LogP contribution in [-0.4, -0.2) is 29.8 Å². The van der Waals surface area contributed by atoms with Crippen LogP contribution in [0.5, 0.6) is 11.5 Å². The van der Waals surface area contributed by atoms with Crippen LogP contribution in [0.2, 0.25) is 0 Å². The Hall–Kier alpha value is -3.68. The molecule has 0 radical (unpaired) electrons. The van der Waals surface area contributed by atoms with Crippen LogP contribution in [0.25, 0.3) is 10.8 Å². The highest BCUT2D eigenvalue weighted by Gasteiger charge is 2.19. The molecular weight excluding hydrogens is 388 g/mol. The third-order valence-electron chi connectivity index (χ3n) is 4.79. The van der Waals surface area contributed by atoms with Gasteiger partial charge in [0.05, 0.1) is 18.7 Å². The minimum atomic E-state index is -0.840. The lowest BCUT2D eigenvalue weighted by Gasteiger charge is -2.14. The molecule has 3 aromatic rings. The third-order valence-corrected chi connectivity index (χ3v) is 4.79. The van der Waals surface area contributed by atoms with Crippen molar-refractivity contribution in [3.8, 4) is 11.5 Å². The van der Waals surface area contributed by atoms with Gasteiger partial charge in [-0.3, -0.25) is 9.78 Å². The second-order valence-electron chi connectivity index (χ2n) is 6.81. The molecule has 1 atom stereocenters. The molecule has 8 nitrogen and oxygen atoms in total. The lowest BCUT2D eigenvalue weighted by molar-refractivity contribution is -0.757. The molecule has 2 aromatic carbocycles. The second-order valence-corrected chi connectivity index (χ2v) is 6.81. The molecule has 0 amide bonds. The molecule has 1 heterocycles. The molecular formula is C22H22N2O6. The molecule has 8 heteroatoms. The third kappa shape index (κ3) is 5.02. The zero-order valence-electron chi connectivity index (χ0n) is 17.0. The van der Waals surface area contributed by atoms with Crippen molar-refractivity contribution in [2.45, 2.75) is 26.2 Å². The van der Waals surface area contributed by atoms with Crippen LogP contribution < -0.4 is 9.47 Å². The number of pyridine rings is 1. The Balaban J connectivity index is 1.69. The van der Waals surface area contributed by atoms with Crippen molar-refractivity contribution in [3.05, 3.63) is 75.6 Å². The van der Waals surface area contributed by atoms with E-state index in [4.69, 9.17) is 9.47 Å². The SMILES string of the molecule is COc1ccc2cc([C@H](C)C(=O)Oc3ccc(CCO[N+](=O)[O-])nc3C)ccc2c1. The highest BCUT2D eigenvalue weighted by Crippen LogP contribution is 2.27. The number of rotatable bonds is 8. The zero-order valence-corrected chi connectivity index (χ0v) is 17.0. The first-order chi connectivity index (χ1) is 14.4. The fourth-order valence-corrected chi connectivity index (χ4v) is 3.04. The van der Waals surface area contributed by atoms with Crippen LogP contribution in [-0.2, 0) is 16.1 Å². The summed E-state index contributed by atoms with van der Waals surface area (Å²) in [6.45, 7) is 3.43. The second kappa shape index (κ2) is 9.21. The predicted molar refractivity (Wildman–Crippen MR) is 110 cm³/mol. The molecule has 0 aliphatic carbocycles. The number of nitrogens with zero attached hydrogens (tertiary/aromatic N) is 2. The molecule has 0 saturated carbocycles. The summed E-state index contributed by atoms with van der Waals surface area (Å²) in [5.41, 5.74) is 1.99. The number of hydrogen-bond donors (Lipinski definition) is 0. The van der Waals surface area contributed by atoms with Crippen LogP contribution in [0.1, 0.15) is 29.8 Å². The predicted octanol–water partition coefficient (Wildman–Crippen LogP) is 4.01. The number of aryl methyl sites for hydroxylation is 1. The van der Waals surface area contributed by atoms with Crippen molar-refractivity contribution < 1.29 is 24.2 Å². The summed E-state index contributed by atoms with van der Waals surface area (Å²) in [5.74, 6) is 0.275. The fourth-order valence-electron chi connectivity index (χ4n) is 3.04. The Morgan fingerprint density at radius 1 is 1.13 bits per heavy atom. The number of ether oxygens (including phenoxy) is 2. The summed E-state index contributed by atoms with van der Waals surface area (Å²) < 4.78 is 10.8. The number of aromatic nitrogens is 1. The van der Waals surface area contributed by atoms with Gasteiger partial charge in [-0.05, 0) is 54.4 Å². The smallest absolute Gasteiger partial charge is 0.318 e. The standard InChI is InChI=1S/C22H22N2O6/c1-14(16-4-5-18-13-20(28-3)8-6-17(18)12-16)22(25)30-21-9-7-19(23-15(21)2)10-11-29-24(26)27/h4-9,12-14H,10-11H2,1-3H3/t14-/m0/s1. The number of hydrogen-bond acceptors (Lipinski definition) is 7. The average Bonchev–Trinajstić information content (AvgIpc) is 2.74. The Morgan fingerprint density at radius 2 is 1.87 bits per heavy atom. The molecule has 0 bridgehead atoms. The lowest BCUT2D eigenvalue weighted by atomic mass is 9.98. The molecule has 1 aromatic heterocycles. The number of methoxy groups -OCH3 is 1. The van der Waals surface area contributed by atoms with Crippen molar-refractivity contribution >= 4 is 16.7 Å². The molecule has 0 aliphatic rings. The number of benzene rings is 2. The first-order valence-corrected chi connectivity index (χ1v) is 9.40. The minimum Gasteiger partial charge on any atom is -0.497 e. The van der Waals surface area contributed by atoms with Crippen molar-refractivity contribution in [1.82, 2.24) is 4.98 Å². The van der Waals surface area contributed by atoms with E-state index in [1.807, 2.05) is 36.4 Å². The highest BCUT2D eigenvalue weighted by molar-refractivity contribution is 5.87. The van der Waals surface area contributed by atoms with Crippen molar-refractivity contribution in [3.63, 3.8) is 0 Å². The van der Waals surface area contributed by atoms with E-state index in [0.29, 0.717) is 17.1 Å². The van der Waals surface area contributed by atoms with Gasteiger partial charge in [0.1, 0.15) is 12.4 Å². The van der Waals surface area contributed by atoms with Gasteiger partial charge in [-0.15, -0.1) is 10.1 Å². The topological polar surface area (TPSA) is 101 Å². The van der Waals surface area contributed by atoms with Gasteiger partial charge in [-0.2, -0.15) is 0 Å². The van der Waals surface area contributed by atoms with Gasteiger partial charge in [0, 0.05) is 12.1 Å². The molecule has 3 rings (SSSR count). The average molecular weight is 410 g/mol. The van der Waals surface area contributed by atoms with Gasteiger partial charge in [0.15, 0.2) is 5.75 Å². The molecule has 0 unspecified atom stereocenters. The van der Waals surface area contributed by atoms with E-state index >= 15 is 0 Å². The Labute approximate surface area is 173 Å². The maximum Gasteiger partial charge on any atom is 0.318 e. The first kappa shape index (κ1) is 21.0. The summed E-state index contributed by atoms with van der Waals surface area (Å²) in [4.78, 5) is 31.5. The fraction of sp³-hybridized carbons (Fsp3) is 0.273. The van der Waals surface area contributed by atoms with E-state index < -0.39 is 17.0 Å². The van der Waals surface area contributed by atoms with Crippen LogP contribution >= 0.6 is 0 Å². The highest BCUT2D eigenvalue weighted by atomic mass is 16.9. The van der Waals surface area contributed by atoms with Crippen LogP contribution in [0.4, 0.5) is 0 Å². The van der Waals surface area contributed by atoms with Gasteiger partial charge >= 0.3 is 5.97 Å². The summed E-state index contributed by atoms with van der Waals surface area (Å²) in [6, 6.07) is 14.9. The van der Waals surface area contributed by atoms with Crippen molar-refractivity contribution in [2.24, 2.45) is 0 Å². The van der Waals surface area contributed by atoms with Crippen molar-refractivity contribution in [2.75, 3.05) is 13.7 Å². The van der Waals surface area contributed by atoms with Gasteiger partial charge < -0.3 is 14.3 Å². The first-order valence-electron chi connectivity index (χ1n) is 9.40. The van der Waals surface area contributed by atoms with E-state index in [1.54, 1.807) is 33.1 Å². The quantitative estimate of drug-likeness (QED) is 0.314. The van der Waals surface area contributed by atoms with E-state index in [1.165, 1.54) is 0 Å². The number of esters is 1. The number of fused-ring (bicyclic) bond motifs is 1. The maximum atomic E-state index is 12.7. The van der Waals surface area contributed by atoms with Crippen LogP contribution in [0.15, 0.2) is 48.5 Å². The Morgan fingerprint density at radius 3 is 2.57 bits per heavy atom.